The largest absolute Gasteiger partial charge is 0.481 e. The zero-order chi connectivity index (χ0) is 28.4. The van der Waals surface area contributed by atoms with Gasteiger partial charge in [-0.2, -0.15) is 0 Å². The van der Waals surface area contributed by atoms with Gasteiger partial charge < -0.3 is 47.7 Å². The maximum Gasteiger partial charge on any atom is 0.328 e. The average Bonchev–Trinajstić information content (AvgIpc) is 3.26. The van der Waals surface area contributed by atoms with Crippen LogP contribution >= 0.6 is 0 Å². The molecule has 2 rings (SSSR count). The van der Waals surface area contributed by atoms with Crippen LogP contribution in [0.2, 0.25) is 0 Å². The molecule has 0 spiro atoms. The topological polar surface area (TPSA) is 267 Å². The van der Waals surface area contributed by atoms with Crippen molar-refractivity contribution in [2.45, 2.75) is 49.9 Å². The van der Waals surface area contributed by atoms with Gasteiger partial charge in [0.25, 0.3) is 0 Å². The Morgan fingerprint density at radius 3 is 2.11 bits per heavy atom. The van der Waals surface area contributed by atoms with Gasteiger partial charge in [0.1, 0.15) is 18.1 Å². The van der Waals surface area contributed by atoms with Crippen LogP contribution in [0, 0.1) is 0 Å². The first-order valence-electron chi connectivity index (χ1n) is 11.5. The molecule has 38 heavy (non-hydrogen) atoms. The van der Waals surface area contributed by atoms with Gasteiger partial charge in [0.2, 0.25) is 23.6 Å². The van der Waals surface area contributed by atoms with E-state index in [-0.39, 0.29) is 19.3 Å². The van der Waals surface area contributed by atoms with Gasteiger partial charge in [0.05, 0.1) is 19.1 Å². The number of H-pyrrole nitrogens is 1. The van der Waals surface area contributed by atoms with Crippen molar-refractivity contribution in [3.05, 3.63) is 36.0 Å². The smallest absolute Gasteiger partial charge is 0.328 e. The first-order valence-corrected chi connectivity index (χ1v) is 11.5. The van der Waals surface area contributed by atoms with Crippen LogP contribution < -0.4 is 27.4 Å². The summed E-state index contributed by atoms with van der Waals surface area (Å²) in [6.45, 7) is -0.975. The molecule has 0 radical (unpaired) electrons. The lowest BCUT2D eigenvalue weighted by Crippen LogP contribution is -2.58. The summed E-state index contributed by atoms with van der Waals surface area (Å²) < 4.78 is 0. The lowest BCUT2D eigenvalue weighted by Gasteiger charge is -2.24. The molecule has 0 aliphatic carbocycles. The Balaban J connectivity index is 2.29. The second-order valence-electron chi connectivity index (χ2n) is 8.48. The number of nitrogens with two attached hydrogens (primary N) is 2. The number of fused-ring (bicyclic) bond motifs is 1. The highest BCUT2D eigenvalue weighted by molar-refractivity contribution is 5.96. The summed E-state index contributed by atoms with van der Waals surface area (Å²) in [4.78, 5) is 75.0. The zero-order valence-corrected chi connectivity index (χ0v) is 20.2. The van der Waals surface area contributed by atoms with Crippen LogP contribution in [0.5, 0.6) is 0 Å². The van der Waals surface area contributed by atoms with E-state index >= 15 is 0 Å². The van der Waals surface area contributed by atoms with Crippen LogP contribution in [0.25, 0.3) is 10.9 Å². The molecule has 15 nitrogen and oxygen atoms in total. The Labute approximate surface area is 215 Å². The molecule has 1 aromatic carbocycles. The van der Waals surface area contributed by atoms with Gasteiger partial charge in [-0.3, -0.25) is 24.0 Å². The molecule has 1 aromatic heterocycles. The van der Waals surface area contributed by atoms with Crippen LogP contribution in [0.4, 0.5) is 0 Å². The Bertz CT molecular complexity index is 1200. The normalized spacial score (nSPS) is 14.1. The number of nitrogens with one attached hydrogen (secondary N) is 4. The number of para-hydroxylation sites is 1. The summed E-state index contributed by atoms with van der Waals surface area (Å²) in [5.41, 5.74) is 12.3. The number of aliphatic hydroxyl groups excluding tert-OH is 1. The second kappa shape index (κ2) is 13.7. The highest BCUT2D eigenvalue weighted by Crippen LogP contribution is 2.19. The minimum atomic E-state index is -1.74. The number of rotatable bonds is 15. The van der Waals surface area contributed by atoms with E-state index in [2.05, 4.69) is 15.6 Å². The molecule has 206 valence electrons. The fraction of sp³-hybridized carbons (Fsp3) is 0.391. The number of primary amides is 1. The van der Waals surface area contributed by atoms with E-state index in [1.54, 1.807) is 30.5 Å². The summed E-state index contributed by atoms with van der Waals surface area (Å²) in [5, 5.41) is 34.8. The first kappa shape index (κ1) is 29.7. The fourth-order valence-corrected chi connectivity index (χ4v) is 3.55. The molecule has 4 unspecified atom stereocenters. The quantitative estimate of drug-likeness (QED) is 0.114. The number of carbonyl (C=O) groups excluding carboxylic acids is 4. The molecular formula is C23H30N6O9. The number of aliphatic carboxylic acids is 2. The van der Waals surface area contributed by atoms with Crippen molar-refractivity contribution >= 4 is 46.5 Å². The number of aliphatic hydroxyl groups is 1. The summed E-state index contributed by atoms with van der Waals surface area (Å²) in [6.07, 6.45) is 0.333. The molecule has 4 amide bonds. The Kier molecular flexibility index (Phi) is 10.7. The first-order chi connectivity index (χ1) is 17.9. The third-order valence-electron chi connectivity index (χ3n) is 5.58. The predicted octanol–water partition coefficient (Wildman–Crippen LogP) is -2.69. The Morgan fingerprint density at radius 1 is 0.895 bits per heavy atom. The molecular weight excluding hydrogens is 504 g/mol. The van der Waals surface area contributed by atoms with Crippen molar-refractivity contribution < 1.29 is 44.1 Å². The molecule has 1 heterocycles. The van der Waals surface area contributed by atoms with Crippen molar-refractivity contribution in [3.63, 3.8) is 0 Å². The highest BCUT2D eigenvalue weighted by Gasteiger charge is 2.32. The predicted molar refractivity (Wildman–Crippen MR) is 131 cm³/mol. The van der Waals surface area contributed by atoms with Crippen LogP contribution in [-0.2, 0) is 35.2 Å². The summed E-state index contributed by atoms with van der Waals surface area (Å²) in [7, 11) is 0. The van der Waals surface area contributed by atoms with Gasteiger partial charge >= 0.3 is 11.9 Å². The number of aromatic amines is 1. The number of hydrogen-bond acceptors (Lipinski definition) is 8. The van der Waals surface area contributed by atoms with Gasteiger partial charge in [-0.15, -0.1) is 0 Å². The third kappa shape index (κ3) is 8.56. The van der Waals surface area contributed by atoms with Gasteiger partial charge in [0, 0.05) is 29.9 Å². The number of benzene rings is 1. The van der Waals surface area contributed by atoms with Crippen LogP contribution in [-0.4, -0.2) is 86.6 Å². The molecule has 15 heteroatoms. The van der Waals surface area contributed by atoms with E-state index in [0.717, 1.165) is 10.9 Å². The summed E-state index contributed by atoms with van der Waals surface area (Å²) in [6, 6.07) is 1.11. The number of carboxylic acids is 2. The molecule has 11 N–H and O–H groups in total. The van der Waals surface area contributed by atoms with E-state index in [1.165, 1.54) is 0 Å². The minimum absolute atomic E-state index is 0.0929. The molecule has 0 fully saturated rings. The average molecular weight is 535 g/mol. The minimum Gasteiger partial charge on any atom is -0.481 e. The second-order valence-corrected chi connectivity index (χ2v) is 8.48. The molecule has 0 saturated carbocycles. The van der Waals surface area contributed by atoms with Crippen LogP contribution in [0.1, 0.15) is 24.8 Å². The van der Waals surface area contributed by atoms with Gasteiger partial charge in [-0.25, -0.2) is 4.79 Å². The van der Waals surface area contributed by atoms with Crippen molar-refractivity contribution in [2.75, 3.05) is 6.61 Å². The molecule has 0 saturated heterocycles. The van der Waals surface area contributed by atoms with E-state index < -0.39 is 72.8 Å². The lowest BCUT2D eigenvalue weighted by molar-refractivity contribution is -0.144. The summed E-state index contributed by atoms with van der Waals surface area (Å²) >= 11 is 0. The van der Waals surface area contributed by atoms with Crippen LogP contribution in [0.3, 0.4) is 0 Å². The number of carbonyl (C=O) groups is 6. The Morgan fingerprint density at radius 2 is 1.50 bits per heavy atom. The number of amides is 4. The van der Waals surface area contributed by atoms with Crippen molar-refractivity contribution in [3.8, 4) is 0 Å². The Hall–Kier alpha value is -4.50. The van der Waals surface area contributed by atoms with Crippen molar-refractivity contribution in [1.29, 1.82) is 0 Å². The van der Waals surface area contributed by atoms with Crippen LogP contribution in [0.15, 0.2) is 30.5 Å². The van der Waals surface area contributed by atoms with E-state index in [1.807, 2.05) is 5.32 Å². The number of aromatic nitrogens is 1. The molecule has 0 bridgehead atoms. The highest BCUT2D eigenvalue weighted by atomic mass is 16.4. The van der Waals surface area contributed by atoms with Crippen molar-refractivity contribution in [2.24, 2.45) is 11.5 Å². The fourth-order valence-electron chi connectivity index (χ4n) is 3.55. The van der Waals surface area contributed by atoms with E-state index in [4.69, 9.17) is 21.7 Å². The van der Waals surface area contributed by atoms with Gasteiger partial charge in [-0.1, -0.05) is 18.2 Å². The molecule has 2 aromatic rings. The SMILES string of the molecule is NC(=O)CCC(N)C(=O)NC(Cc1c[nH]c2ccccc12)C(=O)NC(CC(=O)O)C(=O)NC(CO)C(=O)O. The summed E-state index contributed by atoms with van der Waals surface area (Å²) in [5.74, 6) is -6.65. The third-order valence-corrected chi connectivity index (χ3v) is 5.58. The maximum absolute atomic E-state index is 13.2. The van der Waals surface area contributed by atoms with E-state index in [0.29, 0.717) is 5.56 Å². The number of carboxylic acid groups (broad SMARTS) is 2. The van der Waals surface area contributed by atoms with Crippen molar-refractivity contribution in [1.82, 2.24) is 20.9 Å². The molecule has 0 aliphatic heterocycles. The van der Waals surface area contributed by atoms with E-state index in [9.17, 15) is 33.9 Å². The van der Waals surface area contributed by atoms with Gasteiger partial charge in [-0.05, 0) is 18.1 Å². The zero-order valence-electron chi connectivity index (χ0n) is 20.2. The molecule has 0 aliphatic rings. The standard InChI is InChI=1S/C23H30N6O9/c24-13(5-6-18(25)31)20(34)27-15(7-11-9-26-14-4-2-1-3-12(11)14)21(35)28-16(8-19(32)33)22(36)29-17(10-30)23(37)38/h1-4,9,13,15-17,26,30H,5-8,10,24H2,(H2,25,31)(H,27,34)(H,28,35)(H,29,36)(H,32,33)(H,37,38). The monoisotopic (exact) mass is 534 g/mol. The maximum atomic E-state index is 13.2. The molecule has 4 atom stereocenters. The lowest BCUT2D eigenvalue weighted by atomic mass is 10.0. The van der Waals surface area contributed by atoms with Gasteiger partial charge in [0.15, 0.2) is 0 Å². The number of hydrogen-bond donors (Lipinski definition) is 9.